The third-order valence-electron chi connectivity index (χ3n) is 7.21. The molecule has 1 aromatic heterocycles. The molecule has 1 aliphatic carbocycles. The minimum absolute atomic E-state index is 0.0505. The number of aromatic nitrogens is 1. The van der Waals surface area contributed by atoms with Gasteiger partial charge in [0.15, 0.2) is 0 Å². The summed E-state index contributed by atoms with van der Waals surface area (Å²) in [5.74, 6) is -0.984. The van der Waals surface area contributed by atoms with Crippen molar-refractivity contribution < 1.29 is 27.9 Å². The van der Waals surface area contributed by atoms with Crippen LogP contribution in [0, 0.1) is 11.8 Å². The number of sulfonamides is 1. The Kier molecular flexibility index (Phi) is 8.27. The van der Waals surface area contributed by atoms with Crippen LogP contribution in [-0.2, 0) is 32.4 Å². The van der Waals surface area contributed by atoms with E-state index in [1.807, 2.05) is 6.92 Å². The van der Waals surface area contributed by atoms with Gasteiger partial charge in [0, 0.05) is 49.8 Å². The summed E-state index contributed by atoms with van der Waals surface area (Å²) in [5, 5.41) is 13.3. The number of piperidine rings is 1. The largest absolute Gasteiger partial charge is 0.478 e. The van der Waals surface area contributed by atoms with Crippen molar-refractivity contribution >= 4 is 32.8 Å². The number of aromatic carboxylic acids is 1. The van der Waals surface area contributed by atoms with Gasteiger partial charge in [-0.2, -0.15) is 4.31 Å². The van der Waals surface area contributed by atoms with Crippen molar-refractivity contribution in [2.75, 3.05) is 32.8 Å². The maximum Gasteiger partial charge on any atom is 0.336 e. The Morgan fingerprint density at radius 2 is 1.97 bits per heavy atom. The van der Waals surface area contributed by atoms with Gasteiger partial charge >= 0.3 is 5.97 Å². The number of carboxylic acids is 1. The van der Waals surface area contributed by atoms with E-state index >= 15 is 0 Å². The predicted molar refractivity (Wildman–Crippen MR) is 135 cm³/mol. The smallest absolute Gasteiger partial charge is 0.336 e. The van der Waals surface area contributed by atoms with Crippen LogP contribution in [0.3, 0.4) is 0 Å². The summed E-state index contributed by atoms with van der Waals surface area (Å²) in [5.41, 5.74) is 2.18. The molecule has 36 heavy (non-hydrogen) atoms. The molecular weight excluding hydrogens is 482 g/mol. The number of fused-ring (bicyclic) bond motifs is 2. The van der Waals surface area contributed by atoms with Gasteiger partial charge in [-0.3, -0.25) is 9.78 Å². The lowest BCUT2D eigenvalue weighted by Crippen LogP contribution is -2.43. The molecule has 0 spiro atoms. The van der Waals surface area contributed by atoms with Crippen molar-refractivity contribution in [2.24, 2.45) is 11.8 Å². The second-order valence-electron chi connectivity index (χ2n) is 9.76. The number of nitrogens with zero attached hydrogens (tertiary/aromatic N) is 2. The van der Waals surface area contributed by atoms with Gasteiger partial charge < -0.3 is 15.2 Å². The zero-order valence-corrected chi connectivity index (χ0v) is 21.8. The number of carbonyl (C=O) groups excluding carboxylic acids is 1. The van der Waals surface area contributed by atoms with Gasteiger partial charge in [-0.25, -0.2) is 13.2 Å². The summed E-state index contributed by atoms with van der Waals surface area (Å²) in [7, 11) is -3.84. The van der Waals surface area contributed by atoms with Crippen LogP contribution in [0.1, 0.15) is 61.1 Å². The molecule has 1 fully saturated rings. The Bertz CT molecular complexity index is 1240. The molecule has 1 atom stereocenters. The molecule has 0 unspecified atom stereocenters. The van der Waals surface area contributed by atoms with Crippen molar-refractivity contribution in [1.29, 1.82) is 0 Å². The van der Waals surface area contributed by atoms with Crippen LogP contribution >= 0.6 is 0 Å². The highest BCUT2D eigenvalue weighted by atomic mass is 32.2. The maximum atomic E-state index is 13.4. The van der Waals surface area contributed by atoms with Crippen LogP contribution < -0.4 is 5.32 Å². The molecule has 1 aliphatic heterocycles. The maximum absolute atomic E-state index is 13.4. The number of hydrogen-bond acceptors (Lipinski definition) is 6. The fourth-order valence-corrected chi connectivity index (χ4v) is 6.68. The first-order valence-electron chi connectivity index (χ1n) is 12.8. The first kappa shape index (κ1) is 26.5. The Balaban J connectivity index is 1.50. The van der Waals surface area contributed by atoms with E-state index in [9.17, 15) is 23.1 Å². The average Bonchev–Trinajstić information content (AvgIpc) is 2.86. The van der Waals surface area contributed by atoms with E-state index in [0.29, 0.717) is 55.8 Å². The quantitative estimate of drug-likeness (QED) is 0.490. The van der Waals surface area contributed by atoms with Crippen LogP contribution in [0.15, 0.2) is 23.1 Å². The summed E-state index contributed by atoms with van der Waals surface area (Å²) in [4.78, 5) is 29.4. The second kappa shape index (κ2) is 11.2. The van der Waals surface area contributed by atoms with Crippen molar-refractivity contribution in [3.05, 3.63) is 35.0 Å². The fraction of sp³-hybridized carbons (Fsp3) is 0.577. The molecular formula is C26H35N3O6S. The minimum atomic E-state index is -3.84. The number of rotatable bonds is 9. The van der Waals surface area contributed by atoms with E-state index in [2.05, 4.69) is 17.2 Å². The lowest BCUT2D eigenvalue weighted by Gasteiger charge is -2.30. The van der Waals surface area contributed by atoms with Crippen LogP contribution in [0.5, 0.6) is 0 Å². The van der Waals surface area contributed by atoms with E-state index in [1.54, 1.807) is 6.07 Å². The monoisotopic (exact) mass is 517 g/mol. The van der Waals surface area contributed by atoms with Crippen LogP contribution in [0.4, 0.5) is 0 Å². The highest BCUT2D eigenvalue weighted by Gasteiger charge is 2.33. The normalized spacial score (nSPS) is 19.2. The number of pyridine rings is 1. The molecule has 0 bridgehead atoms. The van der Waals surface area contributed by atoms with Crippen molar-refractivity contribution in [2.45, 2.75) is 57.3 Å². The Morgan fingerprint density at radius 3 is 2.67 bits per heavy atom. The third kappa shape index (κ3) is 5.55. The number of nitrogens with one attached hydrogen (secondary N) is 1. The molecule has 10 heteroatoms. The second-order valence-corrected chi connectivity index (χ2v) is 11.7. The number of benzene rings is 1. The molecule has 2 N–H and O–H groups in total. The van der Waals surface area contributed by atoms with E-state index in [1.165, 1.54) is 16.4 Å². The summed E-state index contributed by atoms with van der Waals surface area (Å²) >= 11 is 0. The molecule has 0 saturated carbocycles. The number of hydrogen-bond donors (Lipinski definition) is 2. The first-order chi connectivity index (χ1) is 17.2. The summed E-state index contributed by atoms with van der Waals surface area (Å²) in [6.45, 7) is 6.27. The number of ether oxygens (including phenoxy) is 1. The van der Waals surface area contributed by atoms with Crippen LogP contribution in [-0.4, -0.2) is 67.5 Å². The van der Waals surface area contributed by atoms with Crippen molar-refractivity contribution in [3.8, 4) is 0 Å². The molecule has 4 rings (SSSR count). The Morgan fingerprint density at radius 1 is 1.22 bits per heavy atom. The summed E-state index contributed by atoms with van der Waals surface area (Å²) in [6.07, 6.45) is 3.93. The highest BCUT2D eigenvalue weighted by Crippen LogP contribution is 2.33. The van der Waals surface area contributed by atoms with Gasteiger partial charge in [0.2, 0.25) is 15.9 Å². The zero-order chi connectivity index (χ0) is 25.9. The van der Waals surface area contributed by atoms with E-state index in [0.717, 1.165) is 30.5 Å². The molecule has 9 nitrogen and oxygen atoms in total. The topological polar surface area (TPSA) is 126 Å². The predicted octanol–water partition coefficient (Wildman–Crippen LogP) is 3.00. The number of carboxylic acid groups (broad SMARTS) is 1. The molecule has 2 heterocycles. The van der Waals surface area contributed by atoms with Crippen LogP contribution in [0.2, 0.25) is 0 Å². The molecule has 2 aliphatic rings. The van der Waals surface area contributed by atoms with Gasteiger partial charge in [-0.1, -0.05) is 6.92 Å². The number of carbonyl (C=O) groups is 2. The number of aryl methyl sites for hydroxylation is 1. The zero-order valence-electron chi connectivity index (χ0n) is 21.0. The summed E-state index contributed by atoms with van der Waals surface area (Å²) < 4.78 is 33.6. The SMILES string of the molecule is CCOCCCNC(=O)C1CCN(S(=O)(=O)c2ccc3nc4c(c(C(=O)O)c3c2)C[C@H](C)CC4)CC1. The highest BCUT2D eigenvalue weighted by molar-refractivity contribution is 7.89. The minimum Gasteiger partial charge on any atom is -0.478 e. The summed E-state index contributed by atoms with van der Waals surface area (Å²) in [6, 6.07) is 4.57. The molecule has 0 radical (unpaired) electrons. The molecule has 1 amide bonds. The van der Waals surface area contributed by atoms with E-state index < -0.39 is 16.0 Å². The van der Waals surface area contributed by atoms with Crippen molar-refractivity contribution in [1.82, 2.24) is 14.6 Å². The lowest BCUT2D eigenvalue weighted by molar-refractivity contribution is -0.126. The van der Waals surface area contributed by atoms with E-state index in [-0.39, 0.29) is 35.4 Å². The average molecular weight is 518 g/mol. The van der Waals surface area contributed by atoms with Gasteiger partial charge in [0.05, 0.1) is 16.0 Å². The molecule has 2 aromatic rings. The third-order valence-corrected chi connectivity index (χ3v) is 9.11. The Labute approximate surface area is 212 Å². The molecule has 1 aromatic carbocycles. The lowest BCUT2D eigenvalue weighted by atomic mass is 9.84. The molecule has 196 valence electrons. The fourth-order valence-electron chi connectivity index (χ4n) is 5.18. The Hall–Kier alpha value is -2.56. The standard InChI is InChI=1S/C26H35N3O6S/c1-3-35-14-4-11-27-25(30)18-9-12-29(13-10-18)36(33,34)19-6-8-23-21(16-19)24(26(31)32)20-15-17(2)5-7-22(20)28-23/h6,8,16-18H,3-5,7,9-15H2,1-2H3,(H,27,30)(H,31,32)/t17-/m1/s1. The van der Waals surface area contributed by atoms with Gasteiger partial charge in [0.25, 0.3) is 0 Å². The van der Waals surface area contributed by atoms with Gasteiger partial charge in [0.1, 0.15) is 0 Å². The van der Waals surface area contributed by atoms with Crippen LogP contribution in [0.25, 0.3) is 10.9 Å². The molecule has 1 saturated heterocycles. The van der Waals surface area contributed by atoms with Crippen molar-refractivity contribution in [3.63, 3.8) is 0 Å². The number of amides is 1. The van der Waals surface area contributed by atoms with E-state index in [4.69, 9.17) is 4.74 Å². The van der Waals surface area contributed by atoms with Gasteiger partial charge in [-0.05, 0) is 75.1 Å². The first-order valence-corrected chi connectivity index (χ1v) is 14.2. The van der Waals surface area contributed by atoms with Gasteiger partial charge in [-0.15, -0.1) is 0 Å².